The molecular formula is C11H23NO. The lowest BCUT2D eigenvalue weighted by Crippen LogP contribution is -2.21. The van der Waals surface area contributed by atoms with E-state index in [0.29, 0.717) is 5.92 Å². The molecular weight excluding hydrogens is 162 g/mol. The van der Waals surface area contributed by atoms with Crippen LogP contribution >= 0.6 is 0 Å². The van der Waals surface area contributed by atoms with Crippen LogP contribution in [0.1, 0.15) is 40.5 Å². The van der Waals surface area contributed by atoms with Crippen LogP contribution < -0.4 is 5.73 Å². The fraction of sp³-hybridized carbons (Fsp3) is 0.818. The Labute approximate surface area is 82.2 Å². The minimum atomic E-state index is 0.0133. The van der Waals surface area contributed by atoms with Crippen LogP contribution in [0.2, 0.25) is 0 Å². The molecule has 0 fully saturated rings. The molecule has 0 unspecified atom stereocenters. The molecule has 78 valence electrons. The number of nitrogens with two attached hydrogens (primary N) is 1. The highest BCUT2D eigenvalue weighted by Gasteiger charge is 2.07. The molecule has 0 radical (unpaired) electrons. The zero-order valence-electron chi connectivity index (χ0n) is 9.34. The summed E-state index contributed by atoms with van der Waals surface area (Å²) < 4.78 is 5.63. The Balaban J connectivity index is 3.85. The van der Waals surface area contributed by atoms with Gasteiger partial charge in [0, 0.05) is 0 Å². The maximum atomic E-state index is 5.72. The van der Waals surface area contributed by atoms with Gasteiger partial charge in [0.15, 0.2) is 0 Å². The fourth-order valence-corrected chi connectivity index (χ4v) is 1.22. The van der Waals surface area contributed by atoms with Gasteiger partial charge in [-0.15, -0.1) is 0 Å². The zero-order valence-corrected chi connectivity index (χ0v) is 9.34. The van der Waals surface area contributed by atoms with Crippen molar-refractivity contribution in [2.75, 3.05) is 6.61 Å². The van der Waals surface area contributed by atoms with Gasteiger partial charge in [0.2, 0.25) is 0 Å². The summed E-state index contributed by atoms with van der Waals surface area (Å²) in [5, 5.41) is 0. The van der Waals surface area contributed by atoms with Gasteiger partial charge in [-0.3, -0.25) is 0 Å². The lowest BCUT2D eigenvalue weighted by atomic mass is 10.1. The summed E-state index contributed by atoms with van der Waals surface area (Å²) in [6.07, 6.45) is 4.30. The fourth-order valence-electron chi connectivity index (χ4n) is 1.22. The molecule has 0 saturated heterocycles. The second-order valence-electron chi connectivity index (χ2n) is 3.47. The summed E-state index contributed by atoms with van der Waals surface area (Å²) in [4.78, 5) is 0. The molecule has 13 heavy (non-hydrogen) atoms. The average molecular weight is 185 g/mol. The molecule has 0 aromatic heterocycles. The Kier molecular flexibility index (Phi) is 6.69. The Morgan fingerprint density at radius 3 is 2.23 bits per heavy atom. The largest absolute Gasteiger partial charge is 0.496 e. The van der Waals surface area contributed by atoms with Crippen molar-refractivity contribution in [3.05, 3.63) is 11.8 Å². The highest BCUT2D eigenvalue weighted by atomic mass is 16.5. The first-order valence-electron chi connectivity index (χ1n) is 5.20. The van der Waals surface area contributed by atoms with E-state index in [1.54, 1.807) is 0 Å². The van der Waals surface area contributed by atoms with Gasteiger partial charge in [-0.05, 0) is 25.8 Å². The van der Waals surface area contributed by atoms with Crippen LogP contribution in [0.25, 0.3) is 0 Å². The Morgan fingerprint density at radius 2 is 1.92 bits per heavy atom. The molecule has 0 spiro atoms. The van der Waals surface area contributed by atoms with Gasteiger partial charge in [-0.25, -0.2) is 0 Å². The topological polar surface area (TPSA) is 35.2 Å². The van der Waals surface area contributed by atoms with E-state index in [1.165, 1.54) is 12.8 Å². The molecule has 2 N–H and O–H groups in total. The number of ether oxygens (including phenoxy) is 1. The normalized spacial score (nSPS) is 14.8. The Hall–Kier alpha value is -0.500. The van der Waals surface area contributed by atoms with Gasteiger partial charge in [0.1, 0.15) is 5.76 Å². The van der Waals surface area contributed by atoms with Gasteiger partial charge < -0.3 is 10.5 Å². The summed E-state index contributed by atoms with van der Waals surface area (Å²) >= 11 is 0. The van der Waals surface area contributed by atoms with Gasteiger partial charge in [-0.2, -0.15) is 0 Å². The minimum absolute atomic E-state index is 0.0133. The summed E-state index contributed by atoms with van der Waals surface area (Å²) in [5.41, 5.74) is 5.72. The predicted octanol–water partition coefficient (Wildman–Crippen LogP) is 2.69. The maximum Gasteiger partial charge on any atom is 0.108 e. The van der Waals surface area contributed by atoms with Crippen molar-refractivity contribution < 1.29 is 4.74 Å². The molecule has 2 heteroatoms. The van der Waals surface area contributed by atoms with Crippen LogP contribution in [0, 0.1) is 5.92 Å². The molecule has 1 atom stereocenters. The Bertz CT molecular complexity index is 148. The minimum Gasteiger partial charge on any atom is -0.496 e. The second-order valence-corrected chi connectivity index (χ2v) is 3.47. The highest BCUT2D eigenvalue weighted by molar-refractivity contribution is 4.98. The van der Waals surface area contributed by atoms with Crippen molar-refractivity contribution in [2.24, 2.45) is 11.7 Å². The molecule has 0 aromatic rings. The molecule has 0 aliphatic heterocycles. The quantitative estimate of drug-likeness (QED) is 0.646. The van der Waals surface area contributed by atoms with E-state index in [4.69, 9.17) is 10.5 Å². The van der Waals surface area contributed by atoms with Crippen LogP contribution in [0.3, 0.4) is 0 Å². The zero-order chi connectivity index (χ0) is 10.3. The standard InChI is InChI=1S/C11H23NO/c1-5-10(6-2)8-13-11(7-3)9(4)12/h7,9-10H,5-6,8,12H2,1-4H3/b11-7+/t9-/m0/s1. The summed E-state index contributed by atoms with van der Waals surface area (Å²) in [5.74, 6) is 1.57. The van der Waals surface area contributed by atoms with Crippen LogP contribution in [0.15, 0.2) is 11.8 Å². The predicted molar refractivity (Wildman–Crippen MR) is 57.4 cm³/mol. The molecule has 2 nitrogen and oxygen atoms in total. The lowest BCUT2D eigenvalue weighted by molar-refractivity contribution is 0.148. The first-order chi connectivity index (χ1) is 6.15. The number of hydrogen-bond donors (Lipinski definition) is 1. The van der Waals surface area contributed by atoms with Crippen molar-refractivity contribution in [3.63, 3.8) is 0 Å². The number of rotatable bonds is 6. The van der Waals surface area contributed by atoms with Crippen LogP contribution in [-0.4, -0.2) is 12.6 Å². The number of allylic oxidation sites excluding steroid dienone is 1. The van der Waals surface area contributed by atoms with Crippen molar-refractivity contribution in [2.45, 2.75) is 46.6 Å². The summed E-state index contributed by atoms with van der Waals surface area (Å²) in [7, 11) is 0. The molecule has 0 bridgehead atoms. The summed E-state index contributed by atoms with van der Waals surface area (Å²) in [6.45, 7) is 9.10. The third-order valence-corrected chi connectivity index (χ3v) is 2.37. The van der Waals surface area contributed by atoms with E-state index in [2.05, 4.69) is 13.8 Å². The van der Waals surface area contributed by atoms with Crippen molar-refractivity contribution in [1.82, 2.24) is 0 Å². The molecule has 0 heterocycles. The SMILES string of the molecule is C/C=C(/OCC(CC)CC)[C@H](C)N. The van der Waals surface area contributed by atoms with Crippen molar-refractivity contribution >= 4 is 0 Å². The molecule has 0 saturated carbocycles. The van der Waals surface area contributed by atoms with E-state index in [0.717, 1.165) is 12.4 Å². The first kappa shape index (κ1) is 12.5. The maximum absolute atomic E-state index is 5.72. The third-order valence-electron chi connectivity index (χ3n) is 2.37. The highest BCUT2D eigenvalue weighted by Crippen LogP contribution is 2.11. The van der Waals surface area contributed by atoms with E-state index >= 15 is 0 Å². The van der Waals surface area contributed by atoms with Crippen molar-refractivity contribution in [3.8, 4) is 0 Å². The van der Waals surface area contributed by atoms with Gasteiger partial charge in [0.25, 0.3) is 0 Å². The van der Waals surface area contributed by atoms with Gasteiger partial charge >= 0.3 is 0 Å². The lowest BCUT2D eigenvalue weighted by Gasteiger charge is -2.17. The van der Waals surface area contributed by atoms with E-state index in [-0.39, 0.29) is 6.04 Å². The smallest absolute Gasteiger partial charge is 0.108 e. The average Bonchev–Trinajstić information content (AvgIpc) is 2.12. The number of hydrogen-bond acceptors (Lipinski definition) is 2. The monoisotopic (exact) mass is 185 g/mol. The van der Waals surface area contributed by atoms with E-state index in [1.807, 2.05) is 19.9 Å². The molecule has 0 rings (SSSR count). The third kappa shape index (κ3) is 4.94. The summed E-state index contributed by atoms with van der Waals surface area (Å²) in [6, 6.07) is 0.0133. The molecule has 0 aliphatic rings. The van der Waals surface area contributed by atoms with E-state index < -0.39 is 0 Å². The molecule has 0 aromatic carbocycles. The first-order valence-corrected chi connectivity index (χ1v) is 5.20. The van der Waals surface area contributed by atoms with Crippen LogP contribution in [0.4, 0.5) is 0 Å². The van der Waals surface area contributed by atoms with Gasteiger partial charge in [-0.1, -0.05) is 26.7 Å². The van der Waals surface area contributed by atoms with E-state index in [9.17, 15) is 0 Å². The molecule has 0 amide bonds. The van der Waals surface area contributed by atoms with Crippen LogP contribution in [0.5, 0.6) is 0 Å². The second kappa shape index (κ2) is 6.96. The Morgan fingerprint density at radius 1 is 1.38 bits per heavy atom. The van der Waals surface area contributed by atoms with Gasteiger partial charge in [0.05, 0.1) is 12.6 Å². The molecule has 0 aliphatic carbocycles. The van der Waals surface area contributed by atoms with Crippen molar-refractivity contribution in [1.29, 1.82) is 0 Å². The van der Waals surface area contributed by atoms with Crippen LogP contribution in [-0.2, 0) is 4.74 Å².